The Hall–Kier alpha value is -1.46. The van der Waals surface area contributed by atoms with Gasteiger partial charge in [-0.15, -0.1) is 0 Å². The van der Waals surface area contributed by atoms with Gasteiger partial charge < -0.3 is 15.4 Å². The molecule has 1 aromatic carbocycles. The Balaban J connectivity index is 1.98. The molecule has 2 N–H and O–H groups in total. The maximum Gasteiger partial charge on any atom is 0.260 e. The van der Waals surface area contributed by atoms with Gasteiger partial charge in [-0.3, -0.25) is 9.59 Å². The molecule has 120 valence electrons. The van der Waals surface area contributed by atoms with Gasteiger partial charge in [0.1, 0.15) is 5.75 Å². The van der Waals surface area contributed by atoms with Crippen LogP contribution < -0.4 is 10.5 Å². The van der Waals surface area contributed by atoms with Gasteiger partial charge >= 0.3 is 0 Å². The summed E-state index contributed by atoms with van der Waals surface area (Å²) >= 11 is 11.9. The van der Waals surface area contributed by atoms with Gasteiger partial charge in [0, 0.05) is 23.7 Å². The summed E-state index contributed by atoms with van der Waals surface area (Å²) in [5, 5.41) is 0.867. The first-order valence-electron chi connectivity index (χ1n) is 7.05. The molecule has 1 aromatic rings. The Morgan fingerprint density at radius 1 is 1.36 bits per heavy atom. The van der Waals surface area contributed by atoms with E-state index in [0.29, 0.717) is 28.8 Å². The number of carbonyl (C=O) groups is 2. The molecule has 0 bridgehead atoms. The lowest BCUT2D eigenvalue weighted by atomic mass is 9.93. The van der Waals surface area contributed by atoms with Crippen molar-refractivity contribution < 1.29 is 14.3 Å². The van der Waals surface area contributed by atoms with Crippen molar-refractivity contribution in [3.8, 4) is 5.75 Å². The molecule has 1 saturated heterocycles. The summed E-state index contributed by atoms with van der Waals surface area (Å²) in [7, 11) is 0. The number of ether oxygens (including phenoxy) is 1. The highest BCUT2D eigenvalue weighted by Crippen LogP contribution is 2.28. The second-order valence-electron chi connectivity index (χ2n) is 5.44. The molecule has 5 nitrogen and oxygen atoms in total. The zero-order chi connectivity index (χ0) is 16.3. The van der Waals surface area contributed by atoms with Crippen LogP contribution >= 0.6 is 23.2 Å². The van der Waals surface area contributed by atoms with Crippen LogP contribution in [0.15, 0.2) is 18.2 Å². The number of amides is 2. The molecule has 2 atom stereocenters. The van der Waals surface area contributed by atoms with Crippen LogP contribution in [0.4, 0.5) is 0 Å². The van der Waals surface area contributed by atoms with Gasteiger partial charge in [0.25, 0.3) is 5.91 Å². The molecule has 0 saturated carbocycles. The highest BCUT2D eigenvalue weighted by molar-refractivity contribution is 6.34. The summed E-state index contributed by atoms with van der Waals surface area (Å²) in [6, 6.07) is 4.86. The number of primary amides is 1. The Morgan fingerprint density at radius 2 is 2.09 bits per heavy atom. The van der Waals surface area contributed by atoms with E-state index in [4.69, 9.17) is 33.7 Å². The first-order chi connectivity index (χ1) is 10.4. The fraction of sp³-hybridized carbons (Fsp3) is 0.467. The van der Waals surface area contributed by atoms with E-state index in [1.165, 1.54) is 0 Å². The van der Waals surface area contributed by atoms with E-state index < -0.39 is 0 Å². The number of rotatable bonds is 4. The molecule has 0 unspecified atom stereocenters. The van der Waals surface area contributed by atoms with Crippen molar-refractivity contribution in [2.45, 2.75) is 25.8 Å². The number of hydrogen-bond acceptors (Lipinski definition) is 3. The molecule has 22 heavy (non-hydrogen) atoms. The maximum atomic E-state index is 12.3. The Kier molecular flexibility index (Phi) is 5.53. The van der Waals surface area contributed by atoms with E-state index in [1.807, 2.05) is 6.92 Å². The highest BCUT2D eigenvalue weighted by Gasteiger charge is 2.31. The maximum absolute atomic E-state index is 12.3. The standard InChI is InChI=1S/C15H18Cl2N2O3/c1-9-2-3-10(15(18)21)7-19(9)14(20)8-22-13-6-11(16)4-5-12(13)17/h4-6,9-10H,2-3,7-8H2,1H3,(H2,18,21)/t9-,10+/m0/s1. The number of benzene rings is 1. The van der Waals surface area contributed by atoms with Crippen molar-refractivity contribution in [1.82, 2.24) is 4.90 Å². The second kappa shape index (κ2) is 7.20. The number of hydrogen-bond donors (Lipinski definition) is 1. The van der Waals surface area contributed by atoms with Gasteiger partial charge in [-0.25, -0.2) is 0 Å². The molecule has 7 heteroatoms. The van der Waals surface area contributed by atoms with E-state index in [0.717, 1.165) is 6.42 Å². The Bertz CT molecular complexity index is 580. The van der Waals surface area contributed by atoms with Crippen molar-refractivity contribution in [2.24, 2.45) is 11.7 Å². The quantitative estimate of drug-likeness (QED) is 0.911. The first-order valence-corrected chi connectivity index (χ1v) is 7.80. The third-order valence-electron chi connectivity index (χ3n) is 3.85. The van der Waals surface area contributed by atoms with Crippen LogP contribution in [0.2, 0.25) is 10.0 Å². The summed E-state index contributed by atoms with van der Waals surface area (Å²) in [6.07, 6.45) is 1.46. The minimum atomic E-state index is -0.372. The normalized spacial score (nSPS) is 21.5. The van der Waals surface area contributed by atoms with Gasteiger partial charge in [0.2, 0.25) is 5.91 Å². The molecule has 2 rings (SSSR count). The SMILES string of the molecule is C[C@H]1CC[C@@H](C(N)=O)CN1C(=O)COc1cc(Cl)ccc1Cl. The van der Waals surface area contributed by atoms with Crippen molar-refractivity contribution in [3.63, 3.8) is 0 Å². The molecule has 1 aliphatic heterocycles. The highest BCUT2D eigenvalue weighted by atomic mass is 35.5. The fourth-order valence-electron chi connectivity index (χ4n) is 2.50. The first kappa shape index (κ1) is 16.9. The number of halogens is 2. The Labute approximate surface area is 139 Å². The number of likely N-dealkylation sites (tertiary alicyclic amines) is 1. The van der Waals surface area contributed by atoms with E-state index in [9.17, 15) is 9.59 Å². The largest absolute Gasteiger partial charge is 0.482 e. The molecule has 2 amide bonds. The van der Waals surface area contributed by atoms with E-state index in [-0.39, 0.29) is 30.4 Å². The zero-order valence-corrected chi connectivity index (χ0v) is 13.7. The van der Waals surface area contributed by atoms with Crippen molar-refractivity contribution in [2.75, 3.05) is 13.2 Å². The molecule has 0 aliphatic carbocycles. The lowest BCUT2D eigenvalue weighted by molar-refractivity contribution is -0.139. The molecule has 0 spiro atoms. The van der Waals surface area contributed by atoms with E-state index >= 15 is 0 Å². The smallest absolute Gasteiger partial charge is 0.260 e. The van der Waals surface area contributed by atoms with Crippen LogP contribution in [0.5, 0.6) is 5.75 Å². The minimum Gasteiger partial charge on any atom is -0.482 e. The van der Waals surface area contributed by atoms with Gasteiger partial charge in [-0.2, -0.15) is 0 Å². The third-order valence-corrected chi connectivity index (χ3v) is 4.40. The van der Waals surface area contributed by atoms with Crippen LogP contribution in [-0.2, 0) is 9.59 Å². The lowest BCUT2D eigenvalue weighted by Crippen LogP contribution is -2.50. The average molecular weight is 345 g/mol. The molecular formula is C15H18Cl2N2O3. The van der Waals surface area contributed by atoms with Crippen LogP contribution in [-0.4, -0.2) is 35.9 Å². The number of nitrogens with two attached hydrogens (primary N) is 1. The van der Waals surface area contributed by atoms with Crippen molar-refractivity contribution >= 4 is 35.0 Å². The Morgan fingerprint density at radius 3 is 2.77 bits per heavy atom. The predicted molar refractivity (Wildman–Crippen MR) is 85.1 cm³/mol. The predicted octanol–water partition coefficient (Wildman–Crippen LogP) is 2.48. The summed E-state index contributed by atoms with van der Waals surface area (Å²) in [5.41, 5.74) is 5.34. The average Bonchev–Trinajstić information content (AvgIpc) is 2.48. The van der Waals surface area contributed by atoms with Gasteiger partial charge in [-0.1, -0.05) is 23.2 Å². The van der Waals surface area contributed by atoms with Crippen molar-refractivity contribution in [3.05, 3.63) is 28.2 Å². The van der Waals surface area contributed by atoms with E-state index in [1.54, 1.807) is 23.1 Å². The number of nitrogens with zero attached hydrogens (tertiary/aromatic N) is 1. The topological polar surface area (TPSA) is 72.6 Å². The molecule has 1 aliphatic rings. The monoisotopic (exact) mass is 344 g/mol. The van der Waals surface area contributed by atoms with Crippen molar-refractivity contribution in [1.29, 1.82) is 0 Å². The van der Waals surface area contributed by atoms with E-state index in [2.05, 4.69) is 0 Å². The molecular weight excluding hydrogens is 327 g/mol. The summed E-state index contributed by atoms with van der Waals surface area (Å²) < 4.78 is 5.45. The lowest BCUT2D eigenvalue weighted by Gasteiger charge is -2.36. The van der Waals surface area contributed by atoms with Gasteiger partial charge in [-0.05, 0) is 31.9 Å². The zero-order valence-electron chi connectivity index (χ0n) is 12.2. The second-order valence-corrected chi connectivity index (χ2v) is 6.28. The van der Waals surface area contributed by atoms with Crippen LogP contribution in [0, 0.1) is 5.92 Å². The molecule has 0 aromatic heterocycles. The van der Waals surface area contributed by atoms with Crippen LogP contribution in [0.3, 0.4) is 0 Å². The van der Waals surface area contributed by atoms with Crippen LogP contribution in [0.25, 0.3) is 0 Å². The molecule has 1 heterocycles. The number of carbonyl (C=O) groups excluding carboxylic acids is 2. The fourth-order valence-corrected chi connectivity index (χ4v) is 2.83. The summed E-state index contributed by atoms with van der Waals surface area (Å²) in [6.45, 7) is 2.12. The van der Waals surface area contributed by atoms with Gasteiger partial charge in [0.15, 0.2) is 6.61 Å². The summed E-state index contributed by atoms with van der Waals surface area (Å²) in [5.74, 6) is -0.508. The molecule has 1 fully saturated rings. The minimum absolute atomic E-state index is 0.0570. The number of piperidine rings is 1. The molecule has 0 radical (unpaired) electrons. The summed E-state index contributed by atoms with van der Waals surface area (Å²) in [4.78, 5) is 25.3. The van der Waals surface area contributed by atoms with Gasteiger partial charge in [0.05, 0.1) is 10.9 Å². The third kappa shape index (κ3) is 4.05. The van der Waals surface area contributed by atoms with Crippen LogP contribution in [0.1, 0.15) is 19.8 Å².